The minimum atomic E-state index is -3.69. The van der Waals surface area contributed by atoms with E-state index >= 15 is 0 Å². The summed E-state index contributed by atoms with van der Waals surface area (Å²) < 4.78 is 27.7. The molecule has 1 heterocycles. The molecule has 3 rings (SSSR count). The number of benzene rings is 2. The highest BCUT2D eigenvalue weighted by molar-refractivity contribution is 7.89. The Kier molecular flexibility index (Phi) is 7.12. The van der Waals surface area contributed by atoms with Gasteiger partial charge in [0.15, 0.2) is 0 Å². The van der Waals surface area contributed by atoms with E-state index in [1.807, 2.05) is 19.1 Å². The summed E-state index contributed by atoms with van der Waals surface area (Å²) in [6.45, 7) is 4.59. The third-order valence-electron chi connectivity index (χ3n) is 5.55. The molecule has 1 aliphatic rings. The molecule has 166 valence electrons. The number of hydrogen-bond donors (Lipinski definition) is 2. The summed E-state index contributed by atoms with van der Waals surface area (Å²) >= 11 is 0. The average molecular weight is 445 g/mol. The van der Waals surface area contributed by atoms with E-state index in [-0.39, 0.29) is 16.9 Å². The van der Waals surface area contributed by atoms with Crippen molar-refractivity contribution in [1.82, 2.24) is 9.62 Å². The Morgan fingerprint density at radius 1 is 1.03 bits per heavy atom. The predicted octanol–water partition coefficient (Wildman–Crippen LogP) is 3.42. The summed E-state index contributed by atoms with van der Waals surface area (Å²) in [7, 11) is -3.69. The number of amides is 1. The van der Waals surface area contributed by atoms with Gasteiger partial charge in [0.2, 0.25) is 10.0 Å². The predicted molar refractivity (Wildman–Crippen MR) is 117 cm³/mol. The van der Waals surface area contributed by atoms with Gasteiger partial charge in [-0.25, -0.2) is 8.42 Å². The number of nitrogens with one attached hydrogen (secondary N) is 1. The van der Waals surface area contributed by atoms with Crippen LogP contribution in [0.4, 0.5) is 0 Å². The van der Waals surface area contributed by atoms with Gasteiger partial charge in [-0.05, 0) is 49.9 Å². The van der Waals surface area contributed by atoms with Gasteiger partial charge in [-0.2, -0.15) is 4.31 Å². The summed E-state index contributed by atoms with van der Waals surface area (Å²) in [6, 6.07) is 11.1. The number of rotatable bonds is 7. The van der Waals surface area contributed by atoms with Crippen LogP contribution in [0.15, 0.2) is 47.4 Å². The summed E-state index contributed by atoms with van der Waals surface area (Å²) in [4.78, 5) is 24.4. The van der Waals surface area contributed by atoms with Crippen molar-refractivity contribution in [2.45, 2.75) is 50.5 Å². The van der Waals surface area contributed by atoms with Crippen LogP contribution in [0.1, 0.15) is 58.8 Å². The van der Waals surface area contributed by atoms with Gasteiger partial charge in [-0.3, -0.25) is 9.59 Å². The number of carboxylic acids is 1. The Morgan fingerprint density at radius 2 is 1.68 bits per heavy atom. The van der Waals surface area contributed by atoms with Crippen molar-refractivity contribution >= 4 is 21.9 Å². The molecule has 1 atom stereocenters. The van der Waals surface area contributed by atoms with Crippen LogP contribution in [0.2, 0.25) is 0 Å². The molecule has 1 fully saturated rings. The fraction of sp³-hybridized carbons (Fsp3) is 0.391. The van der Waals surface area contributed by atoms with Gasteiger partial charge in [-0.15, -0.1) is 0 Å². The second-order valence-electron chi connectivity index (χ2n) is 7.98. The molecule has 1 aliphatic heterocycles. The van der Waals surface area contributed by atoms with Crippen molar-refractivity contribution in [3.63, 3.8) is 0 Å². The van der Waals surface area contributed by atoms with Crippen LogP contribution >= 0.6 is 0 Å². The second kappa shape index (κ2) is 9.62. The summed E-state index contributed by atoms with van der Waals surface area (Å²) in [5.41, 5.74) is 2.45. The lowest BCUT2D eigenvalue weighted by atomic mass is 10.0. The highest BCUT2D eigenvalue weighted by atomic mass is 32.2. The van der Waals surface area contributed by atoms with E-state index in [9.17, 15) is 23.1 Å². The number of aliphatic carboxylic acids is 1. The van der Waals surface area contributed by atoms with E-state index in [4.69, 9.17) is 0 Å². The molecular formula is C23H28N2O5S. The molecule has 2 aromatic carbocycles. The van der Waals surface area contributed by atoms with E-state index in [1.54, 1.807) is 31.2 Å². The van der Waals surface area contributed by atoms with E-state index in [0.29, 0.717) is 24.2 Å². The number of sulfonamides is 1. The van der Waals surface area contributed by atoms with Crippen LogP contribution in [-0.2, 0) is 14.8 Å². The van der Waals surface area contributed by atoms with Crippen LogP contribution in [0.3, 0.4) is 0 Å². The van der Waals surface area contributed by atoms with Gasteiger partial charge in [-0.1, -0.05) is 42.3 Å². The van der Waals surface area contributed by atoms with Crippen molar-refractivity contribution in [1.29, 1.82) is 0 Å². The fourth-order valence-corrected chi connectivity index (χ4v) is 5.50. The first-order chi connectivity index (χ1) is 14.7. The first kappa shape index (κ1) is 23.0. The normalized spacial score (nSPS) is 15.9. The lowest BCUT2D eigenvalue weighted by Gasteiger charge is -2.26. The lowest BCUT2D eigenvalue weighted by Crippen LogP contribution is -2.36. The van der Waals surface area contributed by atoms with Gasteiger partial charge in [0.25, 0.3) is 5.91 Å². The zero-order chi connectivity index (χ0) is 22.6. The maximum atomic E-state index is 13.1. The Hall–Kier alpha value is -2.71. The van der Waals surface area contributed by atoms with Crippen LogP contribution in [-0.4, -0.2) is 42.8 Å². The molecular weight excluding hydrogens is 416 g/mol. The zero-order valence-corrected chi connectivity index (χ0v) is 18.6. The minimum Gasteiger partial charge on any atom is -0.481 e. The molecule has 1 unspecified atom stereocenters. The van der Waals surface area contributed by atoms with E-state index < -0.39 is 27.9 Å². The van der Waals surface area contributed by atoms with Gasteiger partial charge in [0.1, 0.15) is 0 Å². The average Bonchev–Trinajstić information content (AvgIpc) is 2.74. The van der Waals surface area contributed by atoms with Gasteiger partial charge >= 0.3 is 5.97 Å². The molecule has 0 aromatic heterocycles. The molecule has 0 aliphatic carbocycles. The molecule has 0 saturated carbocycles. The molecule has 31 heavy (non-hydrogen) atoms. The molecule has 2 aromatic rings. The highest BCUT2D eigenvalue weighted by Crippen LogP contribution is 2.25. The monoisotopic (exact) mass is 444 g/mol. The highest BCUT2D eigenvalue weighted by Gasteiger charge is 2.28. The quantitative estimate of drug-likeness (QED) is 0.681. The summed E-state index contributed by atoms with van der Waals surface area (Å²) in [5, 5.41) is 12.0. The molecule has 1 saturated heterocycles. The smallest absolute Gasteiger partial charge is 0.305 e. The van der Waals surface area contributed by atoms with E-state index in [2.05, 4.69) is 5.32 Å². The summed E-state index contributed by atoms with van der Waals surface area (Å²) in [5.74, 6) is -1.55. The molecule has 1 amide bonds. The lowest BCUT2D eigenvalue weighted by molar-refractivity contribution is -0.137. The number of carbonyl (C=O) groups is 2. The topological polar surface area (TPSA) is 104 Å². The SMILES string of the molecule is Cc1ccc(C(CC(=O)O)NC(=O)c2ccc(C)c(S(=O)(=O)N3CCCCC3)c2)cc1. The largest absolute Gasteiger partial charge is 0.481 e. The third kappa shape index (κ3) is 5.51. The maximum Gasteiger partial charge on any atom is 0.305 e. The first-order valence-electron chi connectivity index (χ1n) is 10.4. The molecule has 8 heteroatoms. The Morgan fingerprint density at radius 3 is 2.29 bits per heavy atom. The minimum absolute atomic E-state index is 0.118. The molecule has 0 spiro atoms. The van der Waals surface area contributed by atoms with Gasteiger partial charge in [0.05, 0.1) is 17.4 Å². The molecule has 2 N–H and O–H groups in total. The van der Waals surface area contributed by atoms with Crippen molar-refractivity contribution in [2.24, 2.45) is 0 Å². The maximum absolute atomic E-state index is 13.1. The van der Waals surface area contributed by atoms with E-state index in [1.165, 1.54) is 10.4 Å². The van der Waals surface area contributed by atoms with Gasteiger partial charge < -0.3 is 10.4 Å². The van der Waals surface area contributed by atoms with E-state index in [0.717, 1.165) is 24.8 Å². The zero-order valence-electron chi connectivity index (χ0n) is 17.8. The fourth-order valence-electron chi connectivity index (χ4n) is 3.73. The second-order valence-corrected chi connectivity index (χ2v) is 9.89. The van der Waals surface area contributed by atoms with Crippen LogP contribution in [0.25, 0.3) is 0 Å². The number of aryl methyl sites for hydroxylation is 2. The third-order valence-corrected chi connectivity index (χ3v) is 7.59. The molecule has 0 radical (unpaired) electrons. The number of hydrogen-bond acceptors (Lipinski definition) is 4. The Labute approximate surface area is 183 Å². The van der Waals surface area contributed by atoms with Crippen LogP contribution in [0.5, 0.6) is 0 Å². The van der Waals surface area contributed by atoms with Crippen LogP contribution < -0.4 is 5.32 Å². The van der Waals surface area contributed by atoms with Crippen LogP contribution in [0, 0.1) is 13.8 Å². The van der Waals surface area contributed by atoms with Crippen molar-refractivity contribution in [3.8, 4) is 0 Å². The van der Waals surface area contributed by atoms with Crippen molar-refractivity contribution in [3.05, 3.63) is 64.7 Å². The van der Waals surface area contributed by atoms with Crippen molar-refractivity contribution < 1.29 is 23.1 Å². The number of carboxylic acid groups (broad SMARTS) is 1. The first-order valence-corrected chi connectivity index (χ1v) is 11.8. The number of carbonyl (C=O) groups excluding carboxylic acids is 1. The Bertz CT molecular complexity index is 1060. The summed E-state index contributed by atoms with van der Waals surface area (Å²) in [6.07, 6.45) is 2.38. The standard InChI is InChI=1S/C23H28N2O5S/c1-16-6-9-18(10-7-16)20(15-22(26)27)24-23(28)19-11-8-17(2)21(14-19)31(29,30)25-12-4-3-5-13-25/h6-11,14,20H,3-5,12-13,15H2,1-2H3,(H,24,28)(H,26,27). The number of nitrogens with zero attached hydrogens (tertiary/aromatic N) is 1. The van der Waals surface area contributed by atoms with Gasteiger partial charge in [0, 0.05) is 18.7 Å². The Balaban J connectivity index is 1.87. The molecule has 0 bridgehead atoms. The van der Waals surface area contributed by atoms with Crippen molar-refractivity contribution in [2.75, 3.05) is 13.1 Å². The number of piperidine rings is 1. The molecule has 7 nitrogen and oxygen atoms in total.